The van der Waals surface area contributed by atoms with E-state index in [2.05, 4.69) is 0 Å². The summed E-state index contributed by atoms with van der Waals surface area (Å²) in [4.78, 5) is 28.5. The van der Waals surface area contributed by atoms with Crippen LogP contribution in [0.2, 0.25) is 0 Å². The zero-order chi connectivity index (χ0) is 9.11. The Labute approximate surface area is 66.8 Å². The monoisotopic (exact) mass is 158 g/mol. The summed E-state index contributed by atoms with van der Waals surface area (Å²) in [6.45, 7) is 3.76. The van der Waals surface area contributed by atoms with Crippen molar-refractivity contribution < 1.29 is 14.4 Å². The summed E-state index contributed by atoms with van der Waals surface area (Å²) in [5.41, 5.74) is 0. The number of ketones is 1. The van der Waals surface area contributed by atoms with Crippen LogP contribution < -0.4 is 0 Å². The number of hydrogen-bond acceptors (Lipinski definition) is 3. The summed E-state index contributed by atoms with van der Waals surface area (Å²) in [7, 11) is 0. The highest BCUT2D eigenvalue weighted by Crippen LogP contribution is 1.83. The molecule has 0 aromatic carbocycles. The van der Waals surface area contributed by atoms with Crippen LogP contribution in [0.5, 0.6) is 0 Å². The zero-order valence-corrected chi connectivity index (χ0v) is 7.00. The van der Waals surface area contributed by atoms with Gasteiger partial charge in [0.05, 0.1) is 6.42 Å². The summed E-state index contributed by atoms with van der Waals surface area (Å²) in [6, 6.07) is 0. The van der Waals surface area contributed by atoms with Gasteiger partial charge in [0.25, 0.3) is 0 Å². The molecule has 0 aromatic heterocycles. The van der Waals surface area contributed by atoms with Crippen LogP contribution in [-0.4, -0.2) is 18.4 Å². The first-order valence-electron chi connectivity index (χ1n) is 3.61. The van der Waals surface area contributed by atoms with Gasteiger partial charge in [-0.2, -0.15) is 0 Å². The van der Waals surface area contributed by atoms with Crippen molar-refractivity contribution in [2.24, 2.45) is 0 Å². The summed E-state index contributed by atoms with van der Waals surface area (Å²) >= 11 is 0. The van der Waals surface area contributed by atoms with E-state index >= 15 is 0 Å². The van der Waals surface area contributed by atoms with Gasteiger partial charge in [0.1, 0.15) is 18.4 Å². The van der Waals surface area contributed by atoms with Crippen LogP contribution in [0.4, 0.5) is 0 Å². The second kappa shape index (κ2) is 11.8. The Balaban J connectivity index is 0. The van der Waals surface area contributed by atoms with Crippen LogP contribution in [0.1, 0.15) is 33.1 Å². The van der Waals surface area contributed by atoms with Crippen molar-refractivity contribution in [3.05, 3.63) is 0 Å². The van der Waals surface area contributed by atoms with Gasteiger partial charge in [0, 0.05) is 12.8 Å². The van der Waals surface area contributed by atoms with Crippen molar-refractivity contribution in [3.8, 4) is 0 Å². The fourth-order valence-corrected chi connectivity index (χ4v) is 0.289. The normalized spacial score (nSPS) is 7.45. The predicted octanol–water partition coefficient (Wildman–Crippen LogP) is 1.15. The van der Waals surface area contributed by atoms with E-state index in [1.54, 1.807) is 0 Å². The van der Waals surface area contributed by atoms with Gasteiger partial charge in [0.15, 0.2) is 0 Å². The average molecular weight is 158 g/mol. The van der Waals surface area contributed by atoms with Gasteiger partial charge in [-0.05, 0) is 0 Å². The number of carbonyl (C=O) groups is 3. The molecule has 64 valence electrons. The molecule has 0 bridgehead atoms. The van der Waals surface area contributed by atoms with E-state index in [0.29, 0.717) is 31.2 Å². The molecule has 0 aliphatic heterocycles. The molecule has 0 rings (SSSR count). The molecule has 3 heteroatoms. The molecular weight excluding hydrogens is 144 g/mol. The molecule has 0 saturated carbocycles. The number of carbonyl (C=O) groups excluding carboxylic acids is 3. The van der Waals surface area contributed by atoms with Crippen molar-refractivity contribution in [1.29, 1.82) is 0 Å². The summed E-state index contributed by atoms with van der Waals surface area (Å²) in [5.74, 6) is 0.343. The lowest BCUT2D eigenvalue weighted by Crippen LogP contribution is -1.88. The molecule has 0 aromatic rings. The largest absolute Gasteiger partial charge is 0.303 e. The lowest BCUT2D eigenvalue weighted by molar-refractivity contribution is -0.118. The van der Waals surface area contributed by atoms with Crippen molar-refractivity contribution in [2.75, 3.05) is 0 Å². The van der Waals surface area contributed by atoms with Crippen molar-refractivity contribution >= 4 is 18.4 Å². The quantitative estimate of drug-likeness (QED) is 0.455. The minimum absolute atomic E-state index is 0.0278. The van der Waals surface area contributed by atoms with E-state index in [4.69, 9.17) is 0 Å². The Morgan fingerprint density at radius 2 is 1.45 bits per heavy atom. The smallest absolute Gasteiger partial charge is 0.132 e. The third kappa shape index (κ3) is 17.6. The maximum absolute atomic E-state index is 10.2. The number of hydrogen-bond donors (Lipinski definition) is 0. The molecule has 11 heavy (non-hydrogen) atoms. The number of rotatable bonds is 4. The Morgan fingerprint density at radius 3 is 1.45 bits per heavy atom. The summed E-state index contributed by atoms with van der Waals surface area (Å²) < 4.78 is 0. The highest BCUT2D eigenvalue weighted by molar-refractivity contribution is 5.77. The van der Waals surface area contributed by atoms with Crippen LogP contribution in [-0.2, 0) is 14.4 Å². The van der Waals surface area contributed by atoms with E-state index in [9.17, 15) is 14.4 Å². The first-order valence-corrected chi connectivity index (χ1v) is 3.61. The number of aldehydes is 2. The van der Waals surface area contributed by atoms with Crippen LogP contribution in [0.15, 0.2) is 0 Å². The van der Waals surface area contributed by atoms with Gasteiger partial charge in [0.2, 0.25) is 0 Å². The summed E-state index contributed by atoms with van der Waals surface area (Å²) in [6.07, 6.45) is 2.53. The fraction of sp³-hybridized carbons (Fsp3) is 0.625. The van der Waals surface area contributed by atoms with Crippen LogP contribution >= 0.6 is 0 Å². The average Bonchev–Trinajstić information content (AvgIpc) is 2.06. The summed E-state index contributed by atoms with van der Waals surface area (Å²) in [5, 5.41) is 0. The molecule has 0 aliphatic carbocycles. The molecule has 0 N–H and O–H groups in total. The lowest BCUT2D eigenvalue weighted by atomic mass is 10.3. The molecule has 0 unspecified atom stereocenters. The fourth-order valence-electron chi connectivity index (χ4n) is 0.289. The minimum atomic E-state index is 0.0278. The molecule has 0 saturated heterocycles. The van der Waals surface area contributed by atoms with Crippen LogP contribution in [0.3, 0.4) is 0 Å². The van der Waals surface area contributed by atoms with Crippen molar-refractivity contribution in [3.63, 3.8) is 0 Å². The maximum Gasteiger partial charge on any atom is 0.132 e. The van der Waals surface area contributed by atoms with E-state index in [-0.39, 0.29) is 6.42 Å². The Bertz CT molecular complexity index is 107. The van der Waals surface area contributed by atoms with Gasteiger partial charge < -0.3 is 9.59 Å². The third-order valence-electron chi connectivity index (χ3n) is 0.981. The molecular formula is C8H14O3. The number of Topliss-reactive ketones (excluding diaryl/α,β-unsaturated/α-hetero) is 1. The Hall–Kier alpha value is -0.990. The molecule has 0 spiro atoms. The van der Waals surface area contributed by atoms with Gasteiger partial charge >= 0.3 is 0 Å². The van der Waals surface area contributed by atoms with E-state index in [0.717, 1.165) is 0 Å². The van der Waals surface area contributed by atoms with Gasteiger partial charge in [-0.15, -0.1) is 0 Å². The zero-order valence-electron chi connectivity index (χ0n) is 7.00. The van der Waals surface area contributed by atoms with Crippen molar-refractivity contribution in [2.45, 2.75) is 33.1 Å². The Kier molecular flexibility index (Phi) is 13.5. The van der Waals surface area contributed by atoms with E-state index in [1.807, 2.05) is 13.8 Å². The molecule has 0 atom stereocenters. The molecule has 0 fully saturated rings. The minimum Gasteiger partial charge on any atom is -0.303 e. The second-order valence-electron chi connectivity index (χ2n) is 1.81. The molecule has 0 radical (unpaired) electrons. The SMILES string of the molecule is CCC(=O)CC.O=CCC=O. The predicted molar refractivity (Wildman–Crippen MR) is 42.3 cm³/mol. The second-order valence-corrected chi connectivity index (χ2v) is 1.81. The lowest BCUT2D eigenvalue weighted by Gasteiger charge is -1.81. The van der Waals surface area contributed by atoms with Gasteiger partial charge in [-0.25, -0.2) is 0 Å². The Morgan fingerprint density at radius 1 is 1.09 bits per heavy atom. The van der Waals surface area contributed by atoms with Gasteiger partial charge in [-0.3, -0.25) is 4.79 Å². The van der Waals surface area contributed by atoms with Gasteiger partial charge in [-0.1, -0.05) is 13.8 Å². The van der Waals surface area contributed by atoms with E-state index in [1.165, 1.54) is 0 Å². The molecule has 0 heterocycles. The third-order valence-corrected chi connectivity index (χ3v) is 0.981. The van der Waals surface area contributed by atoms with E-state index < -0.39 is 0 Å². The molecule has 3 nitrogen and oxygen atoms in total. The van der Waals surface area contributed by atoms with Crippen LogP contribution in [0, 0.1) is 0 Å². The first-order chi connectivity index (χ1) is 5.22. The van der Waals surface area contributed by atoms with Crippen molar-refractivity contribution in [1.82, 2.24) is 0 Å². The first kappa shape index (κ1) is 12.7. The highest BCUT2D eigenvalue weighted by Gasteiger charge is 1.86. The molecule has 0 aliphatic rings. The highest BCUT2D eigenvalue weighted by atomic mass is 16.1. The standard InChI is InChI=1S/C5H10O.C3H4O2/c1-3-5(6)4-2;4-2-1-3-5/h3-4H2,1-2H3;2-3H,1H2. The molecule has 0 amide bonds. The topological polar surface area (TPSA) is 51.2 Å². The van der Waals surface area contributed by atoms with Crippen LogP contribution in [0.25, 0.3) is 0 Å². The maximum atomic E-state index is 10.2.